The van der Waals surface area contributed by atoms with Crippen molar-refractivity contribution in [1.82, 2.24) is 15.1 Å². The third-order valence-corrected chi connectivity index (χ3v) is 5.70. The van der Waals surface area contributed by atoms with Crippen molar-refractivity contribution >= 4 is 11.7 Å². The van der Waals surface area contributed by atoms with Crippen LogP contribution >= 0.6 is 0 Å². The van der Waals surface area contributed by atoms with Gasteiger partial charge in [-0.05, 0) is 54.0 Å². The lowest BCUT2D eigenvalue weighted by Gasteiger charge is -2.35. The quantitative estimate of drug-likeness (QED) is 0.821. The molecule has 0 bridgehead atoms. The molecule has 2 aromatic rings. The molecule has 1 aliphatic heterocycles. The van der Waals surface area contributed by atoms with E-state index >= 15 is 0 Å². The molecule has 1 aliphatic carbocycles. The van der Waals surface area contributed by atoms with E-state index in [9.17, 15) is 4.79 Å². The monoisotopic (exact) mass is 364 g/mol. The van der Waals surface area contributed by atoms with Crippen LogP contribution in [0.15, 0.2) is 30.3 Å². The van der Waals surface area contributed by atoms with Gasteiger partial charge in [-0.25, -0.2) is 0 Å². The SMILES string of the molecule is CC(C)(C)c1ccc(C(=O)N2CCN(c3cc4c(nn3)CCC4)CC2)cc1. The standard InChI is InChI=1S/C22H28N4O/c1-22(2,3)18-9-7-16(8-10-18)21(27)26-13-11-25(12-14-26)20-15-17-5-4-6-19(17)23-24-20/h7-10,15H,4-6,11-14H2,1-3H3. The molecule has 0 spiro atoms. The van der Waals surface area contributed by atoms with Crippen LogP contribution in [0, 0.1) is 0 Å². The Morgan fingerprint density at radius 3 is 2.33 bits per heavy atom. The van der Waals surface area contributed by atoms with Crippen molar-refractivity contribution < 1.29 is 4.79 Å². The van der Waals surface area contributed by atoms with Gasteiger partial charge in [0.15, 0.2) is 5.82 Å². The molecule has 142 valence electrons. The molecule has 0 radical (unpaired) electrons. The number of carbonyl (C=O) groups excluding carboxylic acids is 1. The fraction of sp³-hybridized carbons (Fsp3) is 0.500. The first kappa shape index (κ1) is 18.0. The minimum atomic E-state index is 0.101. The average Bonchev–Trinajstić information content (AvgIpc) is 3.15. The van der Waals surface area contributed by atoms with Crippen molar-refractivity contribution in [3.05, 3.63) is 52.7 Å². The van der Waals surface area contributed by atoms with Gasteiger partial charge in [-0.3, -0.25) is 4.79 Å². The highest BCUT2D eigenvalue weighted by Gasteiger charge is 2.24. The van der Waals surface area contributed by atoms with Gasteiger partial charge in [0.1, 0.15) is 0 Å². The Labute approximate surface area is 161 Å². The Kier molecular flexibility index (Phi) is 4.62. The molecule has 2 heterocycles. The zero-order chi connectivity index (χ0) is 19.0. The lowest BCUT2D eigenvalue weighted by molar-refractivity contribution is 0.0746. The van der Waals surface area contributed by atoms with E-state index < -0.39 is 0 Å². The Morgan fingerprint density at radius 2 is 1.67 bits per heavy atom. The number of anilines is 1. The van der Waals surface area contributed by atoms with E-state index in [2.05, 4.69) is 54.1 Å². The molecule has 2 aliphatic rings. The number of piperazine rings is 1. The number of hydrogen-bond donors (Lipinski definition) is 0. The van der Waals surface area contributed by atoms with E-state index in [0.717, 1.165) is 56.1 Å². The second-order valence-corrected chi connectivity index (χ2v) is 8.63. The summed E-state index contributed by atoms with van der Waals surface area (Å²) in [5.41, 5.74) is 4.63. The number of carbonyl (C=O) groups is 1. The minimum absolute atomic E-state index is 0.101. The lowest BCUT2D eigenvalue weighted by atomic mass is 9.86. The number of fused-ring (bicyclic) bond motifs is 1. The molecule has 0 saturated carbocycles. The molecule has 5 heteroatoms. The van der Waals surface area contributed by atoms with Gasteiger partial charge in [0.25, 0.3) is 5.91 Å². The van der Waals surface area contributed by atoms with Crippen LogP contribution in [-0.4, -0.2) is 47.2 Å². The summed E-state index contributed by atoms with van der Waals surface area (Å²) in [6, 6.07) is 10.3. The fourth-order valence-corrected chi connectivity index (χ4v) is 3.91. The summed E-state index contributed by atoms with van der Waals surface area (Å²) in [7, 11) is 0. The summed E-state index contributed by atoms with van der Waals surface area (Å²) in [5, 5.41) is 8.80. The van der Waals surface area contributed by atoms with Crippen LogP contribution in [-0.2, 0) is 18.3 Å². The van der Waals surface area contributed by atoms with Gasteiger partial charge in [0.05, 0.1) is 5.69 Å². The molecule has 27 heavy (non-hydrogen) atoms. The topological polar surface area (TPSA) is 49.3 Å². The number of benzene rings is 1. The maximum atomic E-state index is 12.8. The van der Waals surface area contributed by atoms with E-state index in [-0.39, 0.29) is 11.3 Å². The van der Waals surface area contributed by atoms with Crippen molar-refractivity contribution in [3.63, 3.8) is 0 Å². The average molecular weight is 364 g/mol. The number of amides is 1. The predicted molar refractivity (Wildman–Crippen MR) is 107 cm³/mol. The molecular formula is C22H28N4O. The van der Waals surface area contributed by atoms with Crippen molar-refractivity contribution in [2.24, 2.45) is 0 Å². The van der Waals surface area contributed by atoms with Gasteiger partial charge in [-0.2, -0.15) is 5.10 Å². The molecule has 1 fully saturated rings. The maximum Gasteiger partial charge on any atom is 0.253 e. The molecule has 0 unspecified atom stereocenters. The Balaban J connectivity index is 1.39. The number of aryl methyl sites for hydroxylation is 2. The minimum Gasteiger partial charge on any atom is -0.352 e. The maximum absolute atomic E-state index is 12.8. The van der Waals surface area contributed by atoms with E-state index in [1.807, 2.05) is 17.0 Å². The van der Waals surface area contributed by atoms with E-state index in [1.54, 1.807) is 0 Å². The smallest absolute Gasteiger partial charge is 0.253 e. The molecule has 0 N–H and O–H groups in total. The van der Waals surface area contributed by atoms with E-state index in [0.29, 0.717) is 0 Å². The molecule has 0 atom stereocenters. The van der Waals surface area contributed by atoms with E-state index in [1.165, 1.54) is 17.5 Å². The van der Waals surface area contributed by atoms with Crippen LogP contribution in [0.2, 0.25) is 0 Å². The van der Waals surface area contributed by atoms with Crippen molar-refractivity contribution in [1.29, 1.82) is 0 Å². The fourth-order valence-electron chi connectivity index (χ4n) is 3.91. The number of aromatic nitrogens is 2. The van der Waals surface area contributed by atoms with Gasteiger partial charge in [-0.1, -0.05) is 32.9 Å². The normalized spacial score (nSPS) is 17.1. The highest BCUT2D eigenvalue weighted by atomic mass is 16.2. The summed E-state index contributed by atoms with van der Waals surface area (Å²) in [6.07, 6.45) is 3.35. The van der Waals surface area contributed by atoms with Crippen LogP contribution in [0.3, 0.4) is 0 Å². The van der Waals surface area contributed by atoms with Crippen molar-refractivity contribution in [2.75, 3.05) is 31.1 Å². The second kappa shape index (κ2) is 6.95. The van der Waals surface area contributed by atoms with Gasteiger partial charge < -0.3 is 9.80 Å². The zero-order valence-electron chi connectivity index (χ0n) is 16.5. The summed E-state index contributed by atoms with van der Waals surface area (Å²) in [4.78, 5) is 17.0. The molecule has 5 nitrogen and oxygen atoms in total. The first-order valence-electron chi connectivity index (χ1n) is 9.92. The molecule has 1 amide bonds. The summed E-state index contributed by atoms with van der Waals surface area (Å²) < 4.78 is 0. The van der Waals surface area contributed by atoms with Gasteiger partial charge in [-0.15, -0.1) is 5.10 Å². The van der Waals surface area contributed by atoms with Crippen LogP contribution in [0.4, 0.5) is 5.82 Å². The molecular weight excluding hydrogens is 336 g/mol. The van der Waals surface area contributed by atoms with Crippen LogP contribution in [0.25, 0.3) is 0 Å². The number of rotatable bonds is 2. The summed E-state index contributed by atoms with van der Waals surface area (Å²) >= 11 is 0. The first-order valence-corrected chi connectivity index (χ1v) is 9.92. The molecule has 1 aromatic heterocycles. The largest absolute Gasteiger partial charge is 0.352 e. The van der Waals surface area contributed by atoms with Crippen LogP contribution < -0.4 is 4.90 Å². The molecule has 4 rings (SSSR count). The second-order valence-electron chi connectivity index (χ2n) is 8.63. The number of nitrogens with zero attached hydrogens (tertiary/aromatic N) is 4. The Hall–Kier alpha value is -2.43. The Bertz CT molecular complexity index is 830. The van der Waals surface area contributed by atoms with Crippen LogP contribution in [0.1, 0.15) is 54.4 Å². The van der Waals surface area contributed by atoms with Crippen LogP contribution in [0.5, 0.6) is 0 Å². The van der Waals surface area contributed by atoms with Gasteiger partial charge in [0, 0.05) is 31.7 Å². The van der Waals surface area contributed by atoms with Crippen molar-refractivity contribution in [3.8, 4) is 0 Å². The highest BCUT2D eigenvalue weighted by molar-refractivity contribution is 5.94. The first-order chi connectivity index (χ1) is 12.9. The van der Waals surface area contributed by atoms with E-state index in [4.69, 9.17) is 0 Å². The number of hydrogen-bond acceptors (Lipinski definition) is 4. The van der Waals surface area contributed by atoms with Crippen molar-refractivity contribution in [2.45, 2.75) is 45.4 Å². The molecule has 1 aromatic carbocycles. The third-order valence-electron chi connectivity index (χ3n) is 5.70. The highest BCUT2D eigenvalue weighted by Crippen LogP contribution is 2.25. The zero-order valence-corrected chi connectivity index (χ0v) is 16.5. The Morgan fingerprint density at radius 1 is 0.963 bits per heavy atom. The predicted octanol–water partition coefficient (Wildman–Crippen LogP) is 3.23. The third kappa shape index (κ3) is 3.68. The summed E-state index contributed by atoms with van der Waals surface area (Å²) in [6.45, 7) is 9.61. The van der Waals surface area contributed by atoms with Gasteiger partial charge in [0.2, 0.25) is 0 Å². The van der Waals surface area contributed by atoms with Gasteiger partial charge >= 0.3 is 0 Å². The molecule has 1 saturated heterocycles. The summed E-state index contributed by atoms with van der Waals surface area (Å²) in [5.74, 6) is 1.08. The lowest BCUT2D eigenvalue weighted by Crippen LogP contribution is -2.49.